The third kappa shape index (κ3) is 2.95. The van der Waals surface area contributed by atoms with Gasteiger partial charge in [0.1, 0.15) is 11.3 Å². The second kappa shape index (κ2) is 5.46. The van der Waals surface area contributed by atoms with Gasteiger partial charge in [-0.1, -0.05) is 23.9 Å². The van der Waals surface area contributed by atoms with Crippen LogP contribution in [0.1, 0.15) is 20.7 Å². The molecule has 5 heteroatoms. The Bertz CT molecular complexity index is 565. The van der Waals surface area contributed by atoms with Gasteiger partial charge >= 0.3 is 0 Å². The van der Waals surface area contributed by atoms with E-state index in [4.69, 9.17) is 5.73 Å². The maximum Gasteiger partial charge on any atom is 0.250 e. The van der Waals surface area contributed by atoms with Crippen LogP contribution >= 0.6 is 11.8 Å². The Balaban J connectivity index is 2.12. The number of aldehydes is 1. The summed E-state index contributed by atoms with van der Waals surface area (Å²) < 4.78 is 0. The van der Waals surface area contributed by atoms with Crippen LogP contribution < -0.4 is 5.73 Å². The fraction of sp³-hybridized carbons (Fsp3) is 0. The molecule has 0 aliphatic rings. The first-order valence-electron chi connectivity index (χ1n) is 5.18. The summed E-state index contributed by atoms with van der Waals surface area (Å²) in [6, 6.07) is 10.5. The summed E-state index contributed by atoms with van der Waals surface area (Å²) in [5.74, 6) is -0.491. The molecule has 2 rings (SSSR count). The zero-order chi connectivity index (χ0) is 13.0. The number of primary amides is 1. The molecule has 1 amide bonds. The number of aromatic nitrogens is 1. The van der Waals surface area contributed by atoms with Gasteiger partial charge in [0.05, 0.1) is 5.56 Å². The Labute approximate surface area is 108 Å². The molecule has 0 fully saturated rings. The lowest BCUT2D eigenvalue weighted by Crippen LogP contribution is -2.10. The molecule has 1 heterocycles. The van der Waals surface area contributed by atoms with E-state index in [0.29, 0.717) is 11.1 Å². The summed E-state index contributed by atoms with van der Waals surface area (Å²) in [5, 5.41) is 0.763. The molecule has 1 aromatic heterocycles. The largest absolute Gasteiger partial charge is 0.366 e. The Morgan fingerprint density at radius 3 is 2.39 bits per heavy atom. The van der Waals surface area contributed by atoms with Crippen molar-refractivity contribution < 1.29 is 9.59 Å². The topological polar surface area (TPSA) is 73.1 Å². The molecule has 0 aliphatic carbocycles. The van der Waals surface area contributed by atoms with E-state index in [1.807, 2.05) is 12.1 Å². The summed E-state index contributed by atoms with van der Waals surface area (Å²) in [4.78, 5) is 26.5. The van der Waals surface area contributed by atoms with Crippen molar-refractivity contribution in [2.24, 2.45) is 5.73 Å². The monoisotopic (exact) mass is 258 g/mol. The molecule has 4 nitrogen and oxygen atoms in total. The molecule has 0 bridgehead atoms. The van der Waals surface area contributed by atoms with Gasteiger partial charge in [-0.15, -0.1) is 0 Å². The van der Waals surface area contributed by atoms with E-state index in [9.17, 15) is 9.59 Å². The van der Waals surface area contributed by atoms with Crippen LogP contribution in [0.15, 0.2) is 52.5 Å². The van der Waals surface area contributed by atoms with Crippen LogP contribution in [0.2, 0.25) is 0 Å². The minimum atomic E-state index is -0.491. The number of hydrogen-bond acceptors (Lipinski definition) is 4. The zero-order valence-electron chi connectivity index (χ0n) is 9.37. The van der Waals surface area contributed by atoms with Crippen LogP contribution in [0, 0.1) is 0 Å². The highest BCUT2D eigenvalue weighted by Gasteiger charge is 2.02. The Morgan fingerprint density at radius 1 is 1.17 bits per heavy atom. The summed E-state index contributed by atoms with van der Waals surface area (Å²) in [7, 11) is 0. The molecule has 0 unspecified atom stereocenters. The highest BCUT2D eigenvalue weighted by Crippen LogP contribution is 2.25. The quantitative estimate of drug-likeness (QED) is 0.853. The van der Waals surface area contributed by atoms with Crippen molar-refractivity contribution in [2.75, 3.05) is 0 Å². The zero-order valence-corrected chi connectivity index (χ0v) is 10.2. The maximum atomic E-state index is 10.9. The fourth-order valence-electron chi connectivity index (χ4n) is 1.32. The Hall–Kier alpha value is -2.14. The van der Waals surface area contributed by atoms with E-state index in [2.05, 4.69) is 4.98 Å². The van der Waals surface area contributed by atoms with E-state index in [1.165, 1.54) is 18.0 Å². The molecule has 0 saturated heterocycles. The number of benzene rings is 1. The molecule has 0 atom stereocenters. The fourth-order valence-corrected chi connectivity index (χ4v) is 2.08. The molecule has 0 aliphatic heterocycles. The highest BCUT2D eigenvalue weighted by molar-refractivity contribution is 7.99. The van der Waals surface area contributed by atoms with Gasteiger partial charge in [-0.05, 0) is 24.3 Å². The molecule has 0 radical (unpaired) electrons. The number of nitrogens with zero attached hydrogens (tertiary/aromatic N) is 1. The molecule has 1 aromatic carbocycles. The van der Waals surface area contributed by atoms with E-state index in [1.54, 1.807) is 24.3 Å². The number of hydrogen-bond donors (Lipinski definition) is 1. The van der Waals surface area contributed by atoms with E-state index < -0.39 is 5.91 Å². The van der Waals surface area contributed by atoms with Gasteiger partial charge in [0.2, 0.25) is 5.91 Å². The minimum absolute atomic E-state index is 0.385. The summed E-state index contributed by atoms with van der Waals surface area (Å²) in [5.41, 5.74) is 6.15. The van der Waals surface area contributed by atoms with Crippen LogP contribution in [0.3, 0.4) is 0 Å². The number of pyridine rings is 1. The molecule has 18 heavy (non-hydrogen) atoms. The van der Waals surface area contributed by atoms with Gasteiger partial charge in [-0.3, -0.25) is 9.59 Å². The number of rotatable bonds is 4. The number of carbonyl (C=O) groups is 2. The molecule has 90 valence electrons. The SMILES string of the molecule is NC(=O)c1ccc(Sc2ccc(C=O)cc2)nc1. The van der Waals surface area contributed by atoms with Crippen molar-refractivity contribution in [1.29, 1.82) is 0 Å². The molecule has 0 spiro atoms. The van der Waals surface area contributed by atoms with Gasteiger partial charge in [0.25, 0.3) is 0 Å². The molecular weight excluding hydrogens is 248 g/mol. The first kappa shape index (κ1) is 12.3. The smallest absolute Gasteiger partial charge is 0.250 e. The van der Waals surface area contributed by atoms with Crippen LogP contribution in [-0.4, -0.2) is 17.2 Å². The van der Waals surface area contributed by atoms with Crippen LogP contribution in [0.4, 0.5) is 0 Å². The predicted octanol–water partition coefficient (Wildman–Crippen LogP) is 2.14. The first-order chi connectivity index (χ1) is 8.69. The highest BCUT2D eigenvalue weighted by atomic mass is 32.2. The second-order valence-electron chi connectivity index (χ2n) is 3.54. The van der Waals surface area contributed by atoms with Gasteiger partial charge < -0.3 is 5.73 Å². The minimum Gasteiger partial charge on any atom is -0.366 e. The first-order valence-corrected chi connectivity index (χ1v) is 5.99. The lowest BCUT2D eigenvalue weighted by molar-refractivity contribution is 0.0999. The van der Waals surface area contributed by atoms with Crippen LogP contribution in [-0.2, 0) is 0 Å². The summed E-state index contributed by atoms with van der Waals surface area (Å²) in [6.07, 6.45) is 2.25. The molecule has 0 saturated carbocycles. The molecular formula is C13H10N2O2S. The van der Waals surface area contributed by atoms with E-state index in [0.717, 1.165) is 16.2 Å². The lowest BCUT2D eigenvalue weighted by atomic mass is 10.2. The van der Waals surface area contributed by atoms with Crippen molar-refractivity contribution >= 4 is 24.0 Å². The Kier molecular flexibility index (Phi) is 3.74. The average Bonchev–Trinajstić information content (AvgIpc) is 2.40. The maximum absolute atomic E-state index is 10.9. The number of carbonyl (C=O) groups excluding carboxylic acids is 2. The van der Waals surface area contributed by atoms with Crippen LogP contribution in [0.25, 0.3) is 0 Å². The van der Waals surface area contributed by atoms with E-state index in [-0.39, 0.29) is 0 Å². The second-order valence-corrected chi connectivity index (χ2v) is 4.63. The van der Waals surface area contributed by atoms with Crippen LogP contribution in [0.5, 0.6) is 0 Å². The average molecular weight is 258 g/mol. The van der Waals surface area contributed by atoms with E-state index >= 15 is 0 Å². The van der Waals surface area contributed by atoms with Gasteiger partial charge in [-0.25, -0.2) is 4.98 Å². The van der Waals surface area contributed by atoms with Gasteiger partial charge in [-0.2, -0.15) is 0 Å². The van der Waals surface area contributed by atoms with Gasteiger partial charge in [0.15, 0.2) is 0 Å². The van der Waals surface area contributed by atoms with Gasteiger partial charge in [0, 0.05) is 16.7 Å². The molecule has 2 N–H and O–H groups in total. The van der Waals surface area contributed by atoms with Crippen molar-refractivity contribution in [3.05, 3.63) is 53.7 Å². The third-order valence-corrected chi connectivity index (χ3v) is 3.22. The molecule has 2 aromatic rings. The summed E-state index contributed by atoms with van der Waals surface area (Å²) >= 11 is 1.45. The Morgan fingerprint density at radius 2 is 1.89 bits per heavy atom. The lowest BCUT2D eigenvalue weighted by Gasteiger charge is -2.01. The normalized spacial score (nSPS) is 10.0. The van der Waals surface area contributed by atoms with Crippen molar-refractivity contribution in [1.82, 2.24) is 4.98 Å². The van der Waals surface area contributed by atoms with Crippen molar-refractivity contribution in [3.8, 4) is 0 Å². The van der Waals surface area contributed by atoms with Crippen molar-refractivity contribution in [2.45, 2.75) is 9.92 Å². The summed E-state index contributed by atoms with van der Waals surface area (Å²) in [6.45, 7) is 0. The number of amides is 1. The predicted molar refractivity (Wildman–Crippen MR) is 68.7 cm³/mol. The van der Waals surface area contributed by atoms with Crippen molar-refractivity contribution in [3.63, 3.8) is 0 Å². The third-order valence-electron chi connectivity index (χ3n) is 2.26. The standard InChI is InChI=1S/C13H10N2O2S/c14-13(17)10-3-6-12(15-7-10)18-11-4-1-9(8-16)2-5-11/h1-8H,(H2,14,17). The number of nitrogens with two attached hydrogens (primary N) is 1.